The molecular formula is C18H25FN6O3. The molecule has 2 amide bonds. The van der Waals surface area contributed by atoms with Gasteiger partial charge in [-0.1, -0.05) is 0 Å². The van der Waals surface area contributed by atoms with E-state index in [1.807, 2.05) is 4.90 Å². The van der Waals surface area contributed by atoms with Gasteiger partial charge >= 0.3 is 0 Å². The number of piperazine rings is 1. The Hall–Kier alpha value is -2.33. The molecule has 0 radical (unpaired) electrons. The first kappa shape index (κ1) is 19.0. The van der Waals surface area contributed by atoms with Crippen molar-refractivity contribution in [2.24, 2.45) is 5.92 Å². The van der Waals surface area contributed by atoms with Gasteiger partial charge in [0, 0.05) is 37.9 Å². The molecule has 10 heteroatoms. The van der Waals surface area contributed by atoms with Gasteiger partial charge in [-0.2, -0.15) is 0 Å². The molecule has 9 nitrogen and oxygen atoms in total. The Labute approximate surface area is 161 Å². The van der Waals surface area contributed by atoms with Crippen molar-refractivity contribution in [3.05, 3.63) is 28.4 Å². The first-order chi connectivity index (χ1) is 13.4. The largest absolute Gasteiger partial charge is 0.339 e. The number of alkyl halides is 1. The fourth-order valence-electron chi connectivity index (χ4n) is 3.82. The van der Waals surface area contributed by atoms with Gasteiger partial charge in [0.05, 0.1) is 12.4 Å². The van der Waals surface area contributed by atoms with Gasteiger partial charge in [-0.15, -0.1) is 0 Å². The lowest BCUT2D eigenvalue weighted by atomic mass is 10.0. The highest BCUT2D eigenvalue weighted by Gasteiger charge is 2.46. The van der Waals surface area contributed by atoms with E-state index in [0.29, 0.717) is 31.9 Å². The van der Waals surface area contributed by atoms with Gasteiger partial charge in [-0.3, -0.25) is 29.2 Å². The van der Waals surface area contributed by atoms with Crippen LogP contribution in [0.2, 0.25) is 0 Å². The Bertz CT molecular complexity index is 818. The molecule has 28 heavy (non-hydrogen) atoms. The lowest BCUT2D eigenvalue weighted by Crippen LogP contribution is -2.70. The zero-order valence-corrected chi connectivity index (χ0v) is 15.8. The van der Waals surface area contributed by atoms with Crippen molar-refractivity contribution in [1.29, 1.82) is 0 Å². The third-order valence-corrected chi connectivity index (χ3v) is 5.68. The first-order valence-corrected chi connectivity index (χ1v) is 9.68. The molecule has 1 aromatic rings. The number of aromatic nitrogens is 2. The predicted molar refractivity (Wildman–Crippen MR) is 97.9 cm³/mol. The van der Waals surface area contributed by atoms with Crippen LogP contribution < -0.4 is 16.2 Å². The van der Waals surface area contributed by atoms with E-state index in [1.54, 1.807) is 11.8 Å². The Kier molecular flexibility index (Phi) is 5.15. The summed E-state index contributed by atoms with van der Waals surface area (Å²) in [5, 5.41) is 5.91. The zero-order chi connectivity index (χ0) is 19.8. The van der Waals surface area contributed by atoms with Gasteiger partial charge in [-0.25, -0.2) is 9.37 Å². The van der Waals surface area contributed by atoms with Gasteiger partial charge in [0.15, 0.2) is 6.17 Å². The number of halogens is 1. The topological polar surface area (TPSA) is 99.6 Å². The second kappa shape index (κ2) is 7.59. The maximum Gasteiger partial charge on any atom is 0.258 e. The Morgan fingerprint density at radius 1 is 1.25 bits per heavy atom. The fourth-order valence-corrected chi connectivity index (χ4v) is 3.82. The number of nitrogens with one attached hydrogen (secondary N) is 2. The van der Waals surface area contributed by atoms with Crippen molar-refractivity contribution < 1.29 is 14.0 Å². The molecule has 1 aliphatic carbocycles. The van der Waals surface area contributed by atoms with E-state index in [1.165, 1.54) is 17.0 Å². The lowest BCUT2D eigenvalue weighted by molar-refractivity contribution is -0.139. The summed E-state index contributed by atoms with van der Waals surface area (Å²) < 4.78 is 15.4. The number of aryl methyl sites for hydroxylation is 1. The van der Waals surface area contributed by atoms with Crippen LogP contribution in [0.5, 0.6) is 0 Å². The van der Waals surface area contributed by atoms with E-state index < -0.39 is 24.4 Å². The normalized spacial score (nSPS) is 28.9. The molecule has 3 heterocycles. The monoisotopic (exact) mass is 392 g/mol. The number of nitrogens with zero attached hydrogens (tertiary/aromatic N) is 4. The molecule has 3 atom stereocenters. The van der Waals surface area contributed by atoms with E-state index >= 15 is 0 Å². The van der Waals surface area contributed by atoms with Crippen LogP contribution >= 0.6 is 0 Å². The van der Waals surface area contributed by atoms with E-state index in [0.717, 1.165) is 12.8 Å². The SMILES string of the molecule is Cc1cc(=O)n(CC(=O)N2CCN(C3NC(=O)C(F)C(C4CC4)N3)CC2)cn1. The minimum atomic E-state index is -1.51. The van der Waals surface area contributed by atoms with Crippen molar-refractivity contribution in [2.45, 2.75) is 44.8 Å². The van der Waals surface area contributed by atoms with Crippen LogP contribution in [0.3, 0.4) is 0 Å². The lowest BCUT2D eigenvalue weighted by Gasteiger charge is -2.43. The molecular weight excluding hydrogens is 367 g/mol. The molecule has 3 aliphatic rings. The van der Waals surface area contributed by atoms with E-state index in [4.69, 9.17) is 0 Å². The number of hydrogen-bond donors (Lipinski definition) is 2. The summed E-state index contributed by atoms with van der Waals surface area (Å²) in [6, 6.07) is 0.969. The van der Waals surface area contributed by atoms with Gasteiger partial charge in [0.1, 0.15) is 12.8 Å². The highest BCUT2D eigenvalue weighted by molar-refractivity contribution is 5.82. The molecule has 1 aromatic heterocycles. The van der Waals surface area contributed by atoms with Crippen LogP contribution in [0, 0.1) is 12.8 Å². The Balaban J connectivity index is 1.32. The van der Waals surface area contributed by atoms with Gasteiger partial charge in [0.2, 0.25) is 5.91 Å². The molecule has 2 aliphatic heterocycles. The molecule has 3 unspecified atom stereocenters. The summed E-state index contributed by atoms with van der Waals surface area (Å²) in [5.41, 5.74) is 0.366. The van der Waals surface area contributed by atoms with E-state index in [-0.39, 0.29) is 23.9 Å². The average molecular weight is 392 g/mol. The highest BCUT2D eigenvalue weighted by atomic mass is 19.1. The van der Waals surface area contributed by atoms with E-state index in [2.05, 4.69) is 15.6 Å². The van der Waals surface area contributed by atoms with Crippen LogP contribution in [-0.4, -0.2) is 75.8 Å². The molecule has 2 saturated heterocycles. The fraction of sp³-hybridized carbons (Fsp3) is 0.667. The van der Waals surface area contributed by atoms with Crippen LogP contribution in [0.1, 0.15) is 18.5 Å². The summed E-state index contributed by atoms with van der Waals surface area (Å²) in [6.07, 6.45) is 1.37. The number of rotatable bonds is 4. The van der Waals surface area contributed by atoms with Crippen molar-refractivity contribution in [2.75, 3.05) is 26.2 Å². The predicted octanol–water partition coefficient (Wildman–Crippen LogP) is -1.18. The molecule has 152 valence electrons. The van der Waals surface area contributed by atoms with Crippen LogP contribution in [0.15, 0.2) is 17.2 Å². The van der Waals surface area contributed by atoms with Crippen molar-refractivity contribution in [3.8, 4) is 0 Å². The smallest absolute Gasteiger partial charge is 0.258 e. The second-order valence-electron chi connectivity index (χ2n) is 7.76. The minimum Gasteiger partial charge on any atom is -0.339 e. The minimum absolute atomic E-state index is 0.0438. The van der Waals surface area contributed by atoms with Crippen LogP contribution in [0.4, 0.5) is 4.39 Å². The first-order valence-electron chi connectivity index (χ1n) is 9.68. The summed E-state index contributed by atoms with van der Waals surface area (Å²) in [6.45, 7) is 3.75. The average Bonchev–Trinajstić information content (AvgIpc) is 3.51. The van der Waals surface area contributed by atoms with Crippen LogP contribution in [0.25, 0.3) is 0 Å². The summed E-state index contributed by atoms with van der Waals surface area (Å²) in [4.78, 5) is 44.2. The summed E-state index contributed by atoms with van der Waals surface area (Å²) in [5.74, 6) is -0.481. The number of carbonyl (C=O) groups is 2. The van der Waals surface area contributed by atoms with Crippen molar-refractivity contribution >= 4 is 11.8 Å². The van der Waals surface area contributed by atoms with Gasteiger partial charge in [-0.05, 0) is 25.7 Å². The number of amides is 2. The summed E-state index contributed by atoms with van der Waals surface area (Å²) in [7, 11) is 0. The second-order valence-corrected chi connectivity index (χ2v) is 7.76. The quantitative estimate of drug-likeness (QED) is 0.669. The summed E-state index contributed by atoms with van der Waals surface area (Å²) >= 11 is 0. The molecule has 2 N–H and O–H groups in total. The Morgan fingerprint density at radius 2 is 1.96 bits per heavy atom. The zero-order valence-electron chi connectivity index (χ0n) is 15.8. The molecule has 0 aromatic carbocycles. The molecule has 4 rings (SSSR count). The Morgan fingerprint density at radius 3 is 2.61 bits per heavy atom. The maximum absolute atomic E-state index is 14.1. The van der Waals surface area contributed by atoms with Crippen LogP contribution in [-0.2, 0) is 16.1 Å². The molecule has 0 bridgehead atoms. The number of hydrogen-bond acceptors (Lipinski definition) is 6. The van der Waals surface area contributed by atoms with E-state index in [9.17, 15) is 18.8 Å². The standard InChI is InChI=1S/C18H25FN6O3/c1-11-8-13(26)25(10-20-11)9-14(27)23-4-6-24(7-5-23)18-21-16(12-2-3-12)15(19)17(28)22-18/h8,10,12,15-16,18,21H,2-7,9H2,1H3,(H,22,28). The third-order valence-electron chi connectivity index (χ3n) is 5.68. The van der Waals surface area contributed by atoms with Gasteiger partial charge < -0.3 is 10.2 Å². The molecule has 0 spiro atoms. The van der Waals surface area contributed by atoms with Crippen molar-refractivity contribution in [3.63, 3.8) is 0 Å². The highest BCUT2D eigenvalue weighted by Crippen LogP contribution is 2.36. The van der Waals surface area contributed by atoms with Crippen molar-refractivity contribution in [1.82, 2.24) is 30.0 Å². The number of carbonyl (C=O) groups excluding carboxylic acids is 2. The molecule has 1 saturated carbocycles. The third kappa shape index (κ3) is 3.93. The molecule has 3 fully saturated rings. The maximum atomic E-state index is 14.1. The van der Waals surface area contributed by atoms with Gasteiger partial charge in [0.25, 0.3) is 11.5 Å².